The Morgan fingerprint density at radius 2 is 1.59 bits per heavy atom. The van der Waals surface area contributed by atoms with Gasteiger partial charge in [0.25, 0.3) is 0 Å². The van der Waals surface area contributed by atoms with Crippen LogP contribution in [0.25, 0.3) is 0 Å². The summed E-state index contributed by atoms with van der Waals surface area (Å²) in [5, 5.41) is 9.69. The molecule has 0 aliphatic carbocycles. The van der Waals surface area contributed by atoms with Crippen molar-refractivity contribution in [3.8, 4) is 0 Å². The molecule has 9 heteroatoms. The highest BCUT2D eigenvalue weighted by Crippen LogP contribution is 2.48. The van der Waals surface area contributed by atoms with Crippen LogP contribution in [0.2, 0.25) is 0 Å². The van der Waals surface area contributed by atoms with Crippen molar-refractivity contribution >= 4 is 0 Å². The summed E-state index contributed by atoms with van der Waals surface area (Å²) in [6.45, 7) is 9.76. The Labute approximate surface area is 154 Å². The monoisotopic (exact) mass is 403 g/mol. The number of hydrogen-bond donors (Lipinski definition) is 1. The van der Waals surface area contributed by atoms with Crippen LogP contribution in [0, 0.1) is 0 Å². The number of alkyl halides is 7. The summed E-state index contributed by atoms with van der Waals surface area (Å²) >= 11 is 0. The quantitative estimate of drug-likeness (QED) is 0.450. The molecular weight excluding hydrogens is 379 g/mol. The van der Waals surface area contributed by atoms with E-state index in [1.54, 1.807) is 26.0 Å². The van der Waals surface area contributed by atoms with E-state index in [2.05, 4.69) is 13.2 Å². The first-order valence-electron chi connectivity index (χ1n) is 8.32. The Morgan fingerprint density at radius 3 is 2.04 bits per heavy atom. The fourth-order valence-electron chi connectivity index (χ4n) is 3.05. The minimum atomic E-state index is -6.48. The van der Waals surface area contributed by atoms with Crippen molar-refractivity contribution in [1.29, 1.82) is 0 Å². The Bertz CT molecular complexity index is 583. The third-order valence-electron chi connectivity index (χ3n) is 4.38. The summed E-state index contributed by atoms with van der Waals surface area (Å²) in [6, 6.07) is -1.01. The number of hydrogen-bond acceptors (Lipinski definition) is 2. The van der Waals surface area contributed by atoms with Gasteiger partial charge in [0.05, 0.1) is 0 Å². The molecule has 0 saturated carbocycles. The van der Waals surface area contributed by atoms with E-state index in [-0.39, 0.29) is 6.42 Å². The van der Waals surface area contributed by atoms with Gasteiger partial charge in [0, 0.05) is 18.6 Å². The lowest BCUT2D eigenvalue weighted by Gasteiger charge is -2.42. The molecule has 0 saturated heterocycles. The zero-order chi connectivity index (χ0) is 21.2. The van der Waals surface area contributed by atoms with Gasteiger partial charge in [-0.1, -0.05) is 23.3 Å². The highest BCUT2D eigenvalue weighted by Gasteiger charge is 2.75. The smallest absolute Gasteiger partial charge is 0.385 e. The summed E-state index contributed by atoms with van der Waals surface area (Å²) < 4.78 is 91.2. The molecule has 156 valence electrons. The molecular formula is C18H24F7NO. The fourth-order valence-corrected chi connectivity index (χ4v) is 3.05. The topological polar surface area (TPSA) is 23.5 Å². The maximum absolute atomic E-state index is 13.8. The van der Waals surface area contributed by atoms with E-state index in [4.69, 9.17) is 0 Å². The first kappa shape index (κ1) is 23.7. The van der Waals surface area contributed by atoms with Crippen molar-refractivity contribution in [1.82, 2.24) is 4.90 Å². The molecule has 3 atom stereocenters. The second kappa shape index (κ2) is 8.34. The first-order chi connectivity index (χ1) is 12.1. The van der Waals surface area contributed by atoms with Crippen LogP contribution < -0.4 is 0 Å². The molecule has 1 rings (SSSR count). The number of rotatable bonds is 8. The molecule has 0 bridgehead atoms. The third kappa shape index (κ3) is 5.34. The van der Waals surface area contributed by atoms with Crippen molar-refractivity contribution in [2.24, 2.45) is 0 Å². The van der Waals surface area contributed by atoms with E-state index in [9.17, 15) is 35.8 Å². The van der Waals surface area contributed by atoms with Gasteiger partial charge in [-0.25, -0.2) is 0 Å². The van der Waals surface area contributed by atoms with Gasteiger partial charge >= 0.3 is 18.0 Å². The lowest BCUT2D eigenvalue weighted by Crippen LogP contribution is -2.61. The highest BCUT2D eigenvalue weighted by molar-refractivity contribution is 5.11. The number of halogens is 7. The van der Waals surface area contributed by atoms with Crippen molar-refractivity contribution in [2.45, 2.75) is 69.3 Å². The standard InChI is InChI=1S/C18H24F7NO/c1-11(2)8-13-6-5-7-14(9-12(3)4)26(13)10-15(27)16(19,20)17(21,22)18(23,24)25/h5-6,13-15,27H,1,3,7-10H2,2,4H3/t13-,14+,15?/m1/s1. The Morgan fingerprint density at radius 1 is 1.07 bits per heavy atom. The van der Waals surface area contributed by atoms with E-state index < -0.39 is 42.8 Å². The van der Waals surface area contributed by atoms with E-state index in [0.29, 0.717) is 24.0 Å². The molecule has 0 radical (unpaired) electrons. The van der Waals surface area contributed by atoms with Crippen LogP contribution in [0.3, 0.4) is 0 Å². The van der Waals surface area contributed by atoms with Crippen LogP contribution in [-0.4, -0.2) is 52.8 Å². The zero-order valence-electron chi connectivity index (χ0n) is 15.2. The lowest BCUT2D eigenvalue weighted by molar-refractivity contribution is -0.371. The van der Waals surface area contributed by atoms with Crippen molar-refractivity contribution < 1.29 is 35.8 Å². The van der Waals surface area contributed by atoms with Crippen LogP contribution in [0.5, 0.6) is 0 Å². The molecule has 1 aliphatic rings. The van der Waals surface area contributed by atoms with Crippen LogP contribution in [0.1, 0.15) is 33.1 Å². The van der Waals surface area contributed by atoms with Gasteiger partial charge in [0.15, 0.2) is 0 Å². The van der Waals surface area contributed by atoms with Gasteiger partial charge in [0.1, 0.15) is 6.10 Å². The molecule has 0 aromatic carbocycles. The molecule has 1 unspecified atom stereocenters. The van der Waals surface area contributed by atoms with E-state index in [0.717, 1.165) is 0 Å². The van der Waals surface area contributed by atoms with Crippen LogP contribution in [0.4, 0.5) is 30.7 Å². The van der Waals surface area contributed by atoms with Gasteiger partial charge in [-0.15, -0.1) is 13.2 Å². The fraction of sp³-hybridized carbons (Fsp3) is 0.667. The minimum absolute atomic E-state index is 0.289. The Balaban J connectivity index is 3.14. The Kier molecular flexibility index (Phi) is 7.32. The van der Waals surface area contributed by atoms with Gasteiger partial charge in [-0.2, -0.15) is 30.7 Å². The molecule has 27 heavy (non-hydrogen) atoms. The van der Waals surface area contributed by atoms with Gasteiger partial charge in [-0.05, 0) is 33.1 Å². The van der Waals surface area contributed by atoms with Crippen molar-refractivity contribution in [2.75, 3.05) is 6.54 Å². The normalized spacial score (nSPS) is 23.3. The highest BCUT2D eigenvalue weighted by atomic mass is 19.4. The van der Waals surface area contributed by atoms with E-state index in [1.165, 1.54) is 4.90 Å². The number of nitrogens with zero attached hydrogens (tertiary/aromatic N) is 1. The summed E-state index contributed by atoms with van der Waals surface area (Å²) in [4.78, 5) is 1.33. The summed E-state index contributed by atoms with van der Waals surface area (Å²) in [6.07, 6.45) is -5.27. The number of β-amino-alcohol motifs (C(OH)–C–C–N with tert-alkyl or cyclic N) is 1. The van der Waals surface area contributed by atoms with Crippen LogP contribution >= 0.6 is 0 Å². The number of aliphatic hydroxyl groups excluding tert-OH is 1. The van der Waals surface area contributed by atoms with Crippen molar-refractivity contribution in [3.63, 3.8) is 0 Å². The third-order valence-corrected chi connectivity index (χ3v) is 4.38. The maximum Gasteiger partial charge on any atom is 0.459 e. The molecule has 1 heterocycles. The summed E-state index contributed by atoms with van der Waals surface area (Å²) in [7, 11) is 0. The summed E-state index contributed by atoms with van der Waals surface area (Å²) in [5.41, 5.74) is 1.36. The second-order valence-corrected chi connectivity index (χ2v) is 7.12. The molecule has 0 spiro atoms. The number of aliphatic hydroxyl groups is 1. The van der Waals surface area contributed by atoms with E-state index in [1.807, 2.05) is 0 Å². The first-order valence-corrected chi connectivity index (χ1v) is 8.32. The predicted octanol–water partition coefficient (Wildman–Crippen LogP) is 5.11. The van der Waals surface area contributed by atoms with Crippen LogP contribution in [0.15, 0.2) is 36.5 Å². The van der Waals surface area contributed by atoms with Gasteiger partial charge in [-0.3, -0.25) is 4.90 Å². The average Bonchev–Trinajstić information content (AvgIpc) is 2.47. The van der Waals surface area contributed by atoms with Gasteiger partial charge < -0.3 is 5.11 Å². The van der Waals surface area contributed by atoms with Gasteiger partial charge in [0.2, 0.25) is 0 Å². The maximum atomic E-state index is 13.8. The zero-order valence-corrected chi connectivity index (χ0v) is 15.2. The Hall–Kier alpha value is -1.35. The average molecular weight is 403 g/mol. The molecule has 0 amide bonds. The second-order valence-electron chi connectivity index (χ2n) is 7.12. The SMILES string of the molecule is C=C(C)C[C@@H]1CC=C[C@H](CC(=C)C)N1CC(O)C(F)(F)C(F)(F)C(F)(F)F. The van der Waals surface area contributed by atoms with Crippen LogP contribution in [-0.2, 0) is 0 Å². The molecule has 1 aliphatic heterocycles. The molecule has 0 fully saturated rings. The molecule has 2 nitrogen and oxygen atoms in total. The lowest BCUT2D eigenvalue weighted by atomic mass is 9.92. The molecule has 1 N–H and O–H groups in total. The molecule has 0 aromatic rings. The van der Waals surface area contributed by atoms with Crippen molar-refractivity contribution in [3.05, 3.63) is 36.5 Å². The summed E-state index contributed by atoms with van der Waals surface area (Å²) in [5.74, 6) is -12.0. The largest absolute Gasteiger partial charge is 0.459 e. The van der Waals surface area contributed by atoms with E-state index >= 15 is 0 Å². The minimum Gasteiger partial charge on any atom is -0.385 e. The molecule has 0 aromatic heterocycles. The predicted molar refractivity (Wildman–Crippen MR) is 88.9 cm³/mol.